The molecule has 0 aromatic carbocycles. The summed E-state index contributed by atoms with van der Waals surface area (Å²) in [7, 11) is 0. The van der Waals surface area contributed by atoms with Gasteiger partial charge in [0.1, 0.15) is 24.9 Å². The Morgan fingerprint density at radius 2 is 1.75 bits per heavy atom. The molecule has 1 saturated heterocycles. The highest BCUT2D eigenvalue weighted by Gasteiger charge is 2.50. The first-order chi connectivity index (χ1) is 9.57. The molecule has 0 aliphatic carbocycles. The van der Waals surface area contributed by atoms with Gasteiger partial charge in [0.2, 0.25) is 5.79 Å². The van der Waals surface area contributed by atoms with E-state index in [-0.39, 0.29) is 6.61 Å². The molecule has 4 atom stereocenters. The van der Waals surface area contributed by atoms with E-state index in [1.165, 1.54) is 19.3 Å². The molecule has 6 nitrogen and oxygen atoms in total. The molecule has 20 heavy (non-hydrogen) atoms. The highest BCUT2D eigenvalue weighted by Crippen LogP contribution is 2.27. The van der Waals surface area contributed by atoms with Gasteiger partial charge in [-0.3, -0.25) is 0 Å². The highest BCUT2D eigenvalue weighted by molar-refractivity contribution is 4.92. The van der Waals surface area contributed by atoms with Crippen molar-refractivity contribution in [3.05, 3.63) is 0 Å². The first kappa shape index (κ1) is 17.8. The van der Waals surface area contributed by atoms with Crippen molar-refractivity contribution in [3.63, 3.8) is 0 Å². The van der Waals surface area contributed by atoms with E-state index in [9.17, 15) is 20.4 Å². The molecule has 0 aromatic heterocycles. The molecular formula is C14H28O6. The van der Waals surface area contributed by atoms with Gasteiger partial charge in [0.15, 0.2) is 0 Å². The van der Waals surface area contributed by atoms with Crippen LogP contribution in [-0.2, 0) is 9.47 Å². The molecule has 1 heterocycles. The van der Waals surface area contributed by atoms with Crippen molar-refractivity contribution in [2.75, 3.05) is 19.8 Å². The summed E-state index contributed by atoms with van der Waals surface area (Å²) in [6.45, 7) is 1.77. The Bertz CT molecular complexity index is 262. The van der Waals surface area contributed by atoms with Gasteiger partial charge in [0, 0.05) is 0 Å². The summed E-state index contributed by atoms with van der Waals surface area (Å²) in [6, 6.07) is 0. The lowest BCUT2D eigenvalue weighted by atomic mass is 9.97. The molecule has 0 unspecified atom stereocenters. The Morgan fingerprint density at radius 3 is 2.40 bits per heavy atom. The van der Waals surface area contributed by atoms with Gasteiger partial charge in [-0.05, 0) is 6.42 Å². The number of unbranched alkanes of at least 4 members (excludes halogenated alkanes) is 5. The van der Waals surface area contributed by atoms with Gasteiger partial charge in [-0.1, -0.05) is 39.0 Å². The van der Waals surface area contributed by atoms with Crippen molar-refractivity contribution in [1.29, 1.82) is 0 Å². The van der Waals surface area contributed by atoms with E-state index in [0.717, 1.165) is 19.3 Å². The largest absolute Gasteiger partial charge is 0.391 e. The molecule has 1 aliphatic heterocycles. The number of aliphatic hydroxyl groups is 4. The summed E-state index contributed by atoms with van der Waals surface area (Å²) in [6.07, 6.45) is 2.58. The Hall–Kier alpha value is -0.240. The fraction of sp³-hybridized carbons (Fsp3) is 1.00. The maximum atomic E-state index is 9.91. The van der Waals surface area contributed by atoms with E-state index < -0.39 is 30.7 Å². The van der Waals surface area contributed by atoms with Gasteiger partial charge in [-0.2, -0.15) is 0 Å². The predicted molar refractivity (Wildman–Crippen MR) is 73.1 cm³/mol. The van der Waals surface area contributed by atoms with Gasteiger partial charge in [0.05, 0.1) is 13.2 Å². The van der Waals surface area contributed by atoms with Crippen LogP contribution in [0.1, 0.15) is 45.4 Å². The molecule has 0 aromatic rings. The lowest BCUT2D eigenvalue weighted by Crippen LogP contribution is -2.63. The van der Waals surface area contributed by atoms with Crippen molar-refractivity contribution in [1.82, 2.24) is 0 Å². The Balaban J connectivity index is 2.31. The summed E-state index contributed by atoms with van der Waals surface area (Å²) in [4.78, 5) is 0. The summed E-state index contributed by atoms with van der Waals surface area (Å²) in [5, 5.41) is 38.3. The van der Waals surface area contributed by atoms with Crippen LogP contribution in [0.5, 0.6) is 0 Å². The van der Waals surface area contributed by atoms with Crippen LogP contribution in [0.4, 0.5) is 0 Å². The average molecular weight is 292 g/mol. The fourth-order valence-corrected chi connectivity index (χ4v) is 2.32. The zero-order valence-corrected chi connectivity index (χ0v) is 12.2. The van der Waals surface area contributed by atoms with Crippen molar-refractivity contribution in [3.8, 4) is 0 Å². The average Bonchev–Trinajstić information content (AvgIpc) is 2.46. The molecule has 0 amide bonds. The predicted octanol–water partition coefficient (Wildman–Crippen LogP) is 0.165. The summed E-state index contributed by atoms with van der Waals surface area (Å²) < 4.78 is 10.7. The quantitative estimate of drug-likeness (QED) is 0.452. The Kier molecular flexibility index (Phi) is 7.94. The number of rotatable bonds is 9. The molecule has 0 radical (unpaired) electrons. The van der Waals surface area contributed by atoms with Crippen LogP contribution in [0, 0.1) is 0 Å². The molecule has 0 saturated carbocycles. The SMILES string of the molecule is CCCCCCCCO[C@]1(CO)OC[C@@H](O)[C@H](O)[C@@H]1O. The normalized spacial score (nSPS) is 34.4. The second-order valence-corrected chi connectivity index (χ2v) is 5.40. The Labute approximate surface area is 120 Å². The van der Waals surface area contributed by atoms with Gasteiger partial charge < -0.3 is 29.9 Å². The van der Waals surface area contributed by atoms with Gasteiger partial charge in [-0.25, -0.2) is 0 Å². The van der Waals surface area contributed by atoms with Crippen molar-refractivity contribution in [2.24, 2.45) is 0 Å². The standard InChI is InChI=1S/C14H28O6/c1-2-3-4-5-6-7-8-19-14(10-15)13(18)12(17)11(16)9-20-14/h11-13,15-18H,2-10H2,1H3/t11-,12+,13+,14-/m1/s1. The first-order valence-electron chi connectivity index (χ1n) is 7.50. The molecule has 0 spiro atoms. The minimum Gasteiger partial charge on any atom is -0.391 e. The highest BCUT2D eigenvalue weighted by atomic mass is 16.7. The van der Waals surface area contributed by atoms with Gasteiger partial charge >= 0.3 is 0 Å². The van der Waals surface area contributed by atoms with Crippen molar-refractivity contribution >= 4 is 0 Å². The van der Waals surface area contributed by atoms with Crippen molar-refractivity contribution < 1.29 is 29.9 Å². The van der Waals surface area contributed by atoms with E-state index in [1.54, 1.807) is 0 Å². The molecule has 1 aliphatic rings. The van der Waals surface area contributed by atoms with Crippen LogP contribution in [0.15, 0.2) is 0 Å². The van der Waals surface area contributed by atoms with E-state index in [2.05, 4.69) is 6.92 Å². The molecular weight excluding hydrogens is 264 g/mol. The van der Waals surface area contributed by atoms with E-state index in [4.69, 9.17) is 9.47 Å². The molecule has 1 rings (SSSR count). The second-order valence-electron chi connectivity index (χ2n) is 5.40. The van der Waals surface area contributed by atoms with Crippen LogP contribution in [0.25, 0.3) is 0 Å². The van der Waals surface area contributed by atoms with Crippen LogP contribution < -0.4 is 0 Å². The second kappa shape index (κ2) is 8.92. The zero-order chi connectivity index (χ0) is 15.0. The van der Waals surface area contributed by atoms with Crippen molar-refractivity contribution in [2.45, 2.75) is 69.5 Å². The first-order valence-corrected chi connectivity index (χ1v) is 7.50. The fourth-order valence-electron chi connectivity index (χ4n) is 2.32. The third-order valence-corrected chi connectivity index (χ3v) is 3.73. The number of aliphatic hydroxyl groups excluding tert-OH is 4. The van der Waals surface area contributed by atoms with Gasteiger partial charge in [-0.15, -0.1) is 0 Å². The third kappa shape index (κ3) is 4.65. The van der Waals surface area contributed by atoms with Crippen LogP contribution in [0.2, 0.25) is 0 Å². The third-order valence-electron chi connectivity index (χ3n) is 3.73. The summed E-state index contributed by atoms with van der Waals surface area (Å²) >= 11 is 0. The van der Waals surface area contributed by atoms with E-state index >= 15 is 0 Å². The number of hydrogen-bond donors (Lipinski definition) is 4. The minimum absolute atomic E-state index is 0.171. The maximum Gasteiger partial charge on any atom is 0.221 e. The van der Waals surface area contributed by atoms with Crippen LogP contribution in [-0.4, -0.2) is 64.3 Å². The molecule has 1 fully saturated rings. The molecule has 0 bridgehead atoms. The lowest BCUT2D eigenvalue weighted by molar-refractivity contribution is -0.348. The van der Waals surface area contributed by atoms with Gasteiger partial charge in [0.25, 0.3) is 0 Å². The zero-order valence-electron chi connectivity index (χ0n) is 12.2. The smallest absolute Gasteiger partial charge is 0.221 e. The molecule has 4 N–H and O–H groups in total. The van der Waals surface area contributed by atoms with Crippen LogP contribution >= 0.6 is 0 Å². The molecule has 120 valence electrons. The van der Waals surface area contributed by atoms with E-state index in [1.807, 2.05) is 0 Å². The summed E-state index contributed by atoms with van der Waals surface area (Å²) in [5.41, 5.74) is 0. The molecule has 6 heteroatoms. The number of ether oxygens (including phenoxy) is 2. The topological polar surface area (TPSA) is 99.4 Å². The summed E-state index contributed by atoms with van der Waals surface area (Å²) in [5.74, 6) is -1.62. The monoisotopic (exact) mass is 292 g/mol. The lowest BCUT2D eigenvalue weighted by Gasteiger charge is -2.43. The minimum atomic E-state index is -1.62. The number of hydrogen-bond acceptors (Lipinski definition) is 6. The van der Waals surface area contributed by atoms with E-state index in [0.29, 0.717) is 6.61 Å². The van der Waals surface area contributed by atoms with Crippen LogP contribution in [0.3, 0.4) is 0 Å². The Morgan fingerprint density at radius 1 is 1.10 bits per heavy atom. The maximum absolute atomic E-state index is 9.91.